The van der Waals surface area contributed by atoms with Gasteiger partial charge in [-0.1, -0.05) is 32.0 Å². The van der Waals surface area contributed by atoms with Gasteiger partial charge >= 0.3 is 0 Å². The molecule has 1 aliphatic carbocycles. The number of ether oxygens (including phenoxy) is 1. The molecule has 1 saturated carbocycles. The third-order valence-corrected chi connectivity index (χ3v) is 5.95. The number of anilines is 2. The number of amides is 2. The lowest BCUT2D eigenvalue weighted by Crippen LogP contribution is -2.31. The van der Waals surface area contributed by atoms with Crippen LogP contribution in [0.5, 0.6) is 5.75 Å². The third kappa shape index (κ3) is 6.09. The minimum atomic E-state index is -0.537. The first-order chi connectivity index (χ1) is 14.7. The smallest absolute Gasteiger partial charge is 0.230 e. The van der Waals surface area contributed by atoms with Crippen LogP contribution < -0.4 is 15.4 Å². The summed E-state index contributed by atoms with van der Waals surface area (Å²) in [5.41, 5.74) is 4.12. The van der Waals surface area contributed by atoms with E-state index in [9.17, 15) is 9.59 Å². The molecule has 2 aromatic rings. The molecule has 0 bridgehead atoms. The Kier molecular flexibility index (Phi) is 7.04. The maximum Gasteiger partial charge on any atom is 0.230 e. The van der Waals surface area contributed by atoms with Crippen molar-refractivity contribution in [3.8, 4) is 5.75 Å². The average molecular weight is 423 g/mol. The monoisotopic (exact) mass is 422 g/mol. The molecule has 1 fully saturated rings. The molecule has 0 unspecified atom stereocenters. The van der Waals surface area contributed by atoms with Crippen LogP contribution in [0.2, 0.25) is 0 Å². The Balaban J connectivity index is 1.54. The SMILES string of the molecule is Cc1ccc(C)c(OCCCC(C)(C)C(=O)Nc2cccc(NC(=O)C3CC3)c2C)c1. The first-order valence-electron chi connectivity index (χ1n) is 11.1. The number of hydrogen-bond donors (Lipinski definition) is 2. The fraction of sp³-hybridized carbons (Fsp3) is 0.462. The summed E-state index contributed by atoms with van der Waals surface area (Å²) in [5, 5.41) is 6.04. The van der Waals surface area contributed by atoms with E-state index in [0.717, 1.165) is 47.5 Å². The third-order valence-electron chi connectivity index (χ3n) is 5.95. The van der Waals surface area contributed by atoms with Crippen LogP contribution in [0.3, 0.4) is 0 Å². The molecule has 0 radical (unpaired) electrons. The van der Waals surface area contributed by atoms with Crippen molar-refractivity contribution in [2.45, 2.75) is 60.3 Å². The van der Waals surface area contributed by atoms with Crippen LogP contribution in [0, 0.1) is 32.1 Å². The molecule has 0 aromatic heterocycles. The molecule has 0 saturated heterocycles. The summed E-state index contributed by atoms with van der Waals surface area (Å²) in [6, 6.07) is 11.8. The van der Waals surface area contributed by atoms with Gasteiger partial charge in [0.25, 0.3) is 0 Å². The minimum absolute atomic E-state index is 0.0343. The summed E-state index contributed by atoms with van der Waals surface area (Å²) in [5.74, 6) is 1.08. The molecule has 5 heteroatoms. The van der Waals surface area contributed by atoms with E-state index in [1.54, 1.807) is 0 Å². The Morgan fingerprint density at radius 2 is 1.71 bits per heavy atom. The van der Waals surface area contributed by atoms with E-state index in [1.807, 2.05) is 58.9 Å². The molecule has 166 valence electrons. The number of nitrogens with one attached hydrogen (secondary N) is 2. The molecule has 3 rings (SSSR count). The summed E-state index contributed by atoms with van der Waals surface area (Å²) < 4.78 is 5.94. The van der Waals surface area contributed by atoms with Gasteiger partial charge < -0.3 is 15.4 Å². The van der Waals surface area contributed by atoms with Crippen LogP contribution in [-0.4, -0.2) is 18.4 Å². The lowest BCUT2D eigenvalue weighted by atomic mass is 9.86. The van der Waals surface area contributed by atoms with Gasteiger partial charge in [-0.3, -0.25) is 9.59 Å². The first kappa shape index (κ1) is 22.9. The summed E-state index contributed by atoms with van der Waals surface area (Å²) in [7, 11) is 0. The molecule has 2 amide bonds. The molecule has 0 aliphatic heterocycles. The van der Waals surface area contributed by atoms with Gasteiger partial charge in [0.1, 0.15) is 5.75 Å². The van der Waals surface area contributed by atoms with E-state index in [4.69, 9.17) is 4.74 Å². The van der Waals surface area contributed by atoms with E-state index >= 15 is 0 Å². The molecule has 31 heavy (non-hydrogen) atoms. The van der Waals surface area contributed by atoms with Gasteiger partial charge in [0.2, 0.25) is 11.8 Å². The Morgan fingerprint density at radius 3 is 2.39 bits per heavy atom. The topological polar surface area (TPSA) is 67.4 Å². The highest BCUT2D eigenvalue weighted by Crippen LogP contribution is 2.32. The van der Waals surface area contributed by atoms with Gasteiger partial charge in [-0.05, 0) is 81.3 Å². The van der Waals surface area contributed by atoms with Crippen LogP contribution in [0.4, 0.5) is 11.4 Å². The van der Waals surface area contributed by atoms with E-state index in [0.29, 0.717) is 13.0 Å². The molecule has 2 N–H and O–H groups in total. The van der Waals surface area contributed by atoms with Gasteiger partial charge in [-0.15, -0.1) is 0 Å². The second kappa shape index (κ2) is 9.54. The van der Waals surface area contributed by atoms with E-state index in [2.05, 4.69) is 22.8 Å². The van der Waals surface area contributed by atoms with Crippen molar-refractivity contribution < 1.29 is 14.3 Å². The van der Waals surface area contributed by atoms with Crippen molar-refractivity contribution in [1.82, 2.24) is 0 Å². The van der Waals surface area contributed by atoms with Crippen molar-refractivity contribution >= 4 is 23.2 Å². The predicted octanol–water partition coefficient (Wildman–Crippen LogP) is 5.78. The van der Waals surface area contributed by atoms with Gasteiger partial charge in [-0.2, -0.15) is 0 Å². The zero-order valence-corrected chi connectivity index (χ0v) is 19.3. The molecular formula is C26H34N2O3. The fourth-order valence-corrected chi connectivity index (χ4v) is 3.45. The Hall–Kier alpha value is -2.82. The van der Waals surface area contributed by atoms with Gasteiger partial charge in [0.15, 0.2) is 0 Å². The normalized spacial score (nSPS) is 13.6. The number of aryl methyl sites for hydroxylation is 2. The van der Waals surface area contributed by atoms with Crippen molar-refractivity contribution in [2.75, 3.05) is 17.2 Å². The standard InChI is InChI=1S/C26H34N2O3/c1-17-10-11-18(2)23(16-17)31-15-7-14-26(4,5)25(30)28-22-9-6-8-21(19(22)3)27-24(29)20-12-13-20/h6,8-11,16,20H,7,12-15H2,1-5H3,(H,27,29)(H,28,30). The Labute approximate surface area is 185 Å². The second-order valence-corrected chi connectivity index (χ2v) is 9.30. The summed E-state index contributed by atoms with van der Waals surface area (Å²) in [6.45, 7) is 10.5. The fourth-order valence-electron chi connectivity index (χ4n) is 3.45. The van der Waals surface area contributed by atoms with Gasteiger partial charge in [0.05, 0.1) is 6.61 Å². The Bertz CT molecular complexity index is 961. The maximum atomic E-state index is 13.0. The zero-order chi connectivity index (χ0) is 22.6. The minimum Gasteiger partial charge on any atom is -0.493 e. The van der Waals surface area contributed by atoms with Crippen LogP contribution in [0.25, 0.3) is 0 Å². The zero-order valence-electron chi connectivity index (χ0n) is 19.3. The van der Waals surface area contributed by atoms with E-state index in [-0.39, 0.29) is 17.7 Å². The molecule has 0 atom stereocenters. The number of rotatable bonds is 9. The lowest BCUT2D eigenvalue weighted by Gasteiger charge is -2.24. The van der Waals surface area contributed by atoms with Crippen molar-refractivity contribution in [2.24, 2.45) is 11.3 Å². The largest absolute Gasteiger partial charge is 0.493 e. The van der Waals surface area contributed by atoms with Crippen molar-refractivity contribution in [3.05, 3.63) is 53.1 Å². The predicted molar refractivity (Wildman–Crippen MR) is 126 cm³/mol. The van der Waals surface area contributed by atoms with Gasteiger partial charge in [0, 0.05) is 22.7 Å². The van der Waals surface area contributed by atoms with Crippen LogP contribution in [0.1, 0.15) is 56.2 Å². The molecule has 5 nitrogen and oxygen atoms in total. The highest BCUT2D eigenvalue weighted by molar-refractivity contribution is 5.98. The maximum absolute atomic E-state index is 13.0. The highest BCUT2D eigenvalue weighted by atomic mass is 16.5. The van der Waals surface area contributed by atoms with Crippen LogP contribution in [-0.2, 0) is 9.59 Å². The first-order valence-corrected chi connectivity index (χ1v) is 11.1. The van der Waals surface area contributed by atoms with E-state index < -0.39 is 5.41 Å². The van der Waals surface area contributed by atoms with Crippen LogP contribution >= 0.6 is 0 Å². The van der Waals surface area contributed by atoms with E-state index in [1.165, 1.54) is 5.56 Å². The molecular weight excluding hydrogens is 388 g/mol. The molecule has 1 aliphatic rings. The molecule has 0 heterocycles. The van der Waals surface area contributed by atoms with Gasteiger partial charge in [-0.25, -0.2) is 0 Å². The summed E-state index contributed by atoms with van der Waals surface area (Å²) >= 11 is 0. The Morgan fingerprint density at radius 1 is 1.03 bits per heavy atom. The second-order valence-electron chi connectivity index (χ2n) is 9.30. The molecule has 0 spiro atoms. The number of carbonyl (C=O) groups is 2. The van der Waals surface area contributed by atoms with Crippen molar-refractivity contribution in [3.63, 3.8) is 0 Å². The number of benzene rings is 2. The summed E-state index contributed by atoms with van der Waals surface area (Å²) in [6.07, 6.45) is 3.41. The highest BCUT2D eigenvalue weighted by Gasteiger charge is 2.30. The lowest BCUT2D eigenvalue weighted by molar-refractivity contribution is -0.124. The number of hydrogen-bond acceptors (Lipinski definition) is 3. The van der Waals surface area contributed by atoms with Crippen LogP contribution in [0.15, 0.2) is 36.4 Å². The quantitative estimate of drug-likeness (QED) is 0.503. The molecule has 2 aromatic carbocycles. The average Bonchev–Trinajstić information content (AvgIpc) is 3.56. The number of carbonyl (C=O) groups excluding carboxylic acids is 2. The van der Waals surface area contributed by atoms with Crippen molar-refractivity contribution in [1.29, 1.82) is 0 Å². The summed E-state index contributed by atoms with van der Waals surface area (Å²) in [4.78, 5) is 25.1.